The Kier molecular flexibility index (Phi) is 22.8. The van der Waals surface area contributed by atoms with Gasteiger partial charge < -0.3 is 19.7 Å². The van der Waals surface area contributed by atoms with Gasteiger partial charge in [-0.25, -0.2) is 9.59 Å². The minimum atomic E-state index is -0.935. The van der Waals surface area contributed by atoms with E-state index in [1.165, 1.54) is 21.1 Å². The molecule has 382 valence electrons. The summed E-state index contributed by atoms with van der Waals surface area (Å²) in [7, 11) is 2.75. The van der Waals surface area contributed by atoms with E-state index in [1.807, 2.05) is 39.0 Å². The molecule has 4 aromatic rings. The van der Waals surface area contributed by atoms with Crippen LogP contribution in [0.5, 0.6) is 0 Å². The van der Waals surface area contributed by atoms with Crippen LogP contribution in [-0.4, -0.2) is 71.4 Å². The van der Waals surface area contributed by atoms with Crippen molar-refractivity contribution in [3.05, 3.63) is 171 Å². The Bertz CT molecular complexity index is 2690. The van der Waals surface area contributed by atoms with Gasteiger partial charge in [0, 0.05) is 55.7 Å². The highest BCUT2D eigenvalue weighted by Crippen LogP contribution is 2.39. The largest absolute Gasteiger partial charge is 0.481 e. The third-order valence-electron chi connectivity index (χ3n) is 12.9. The lowest BCUT2D eigenvalue weighted by Gasteiger charge is -2.28. The van der Waals surface area contributed by atoms with E-state index in [-0.39, 0.29) is 52.5 Å². The van der Waals surface area contributed by atoms with Crippen molar-refractivity contribution in [2.75, 3.05) is 14.2 Å². The average Bonchev–Trinajstić information content (AvgIpc) is 3.37. The van der Waals surface area contributed by atoms with Gasteiger partial charge in [-0.05, 0) is 83.3 Å². The Balaban J connectivity index is 0.000000347. The first-order valence-corrected chi connectivity index (χ1v) is 24.3. The SMILES string of the molecule is C=C(C)C(=O)O.C=C(C)C(=O)OC.C=C(C)c1cccc2c1C(=O)c1ccccc1C2=O.CCCCC(C)(CCCC(CCCC(CCC)C(=O)OC)c1cccc2c1C(=O)c1ccccc1C2=O)C(=O)O. The Labute approximate surface area is 424 Å². The molecule has 0 aliphatic heterocycles. The van der Waals surface area contributed by atoms with Gasteiger partial charge >= 0.3 is 23.9 Å². The number of carboxylic acid groups (broad SMARTS) is 2. The van der Waals surface area contributed by atoms with Crippen LogP contribution in [0, 0.1) is 11.3 Å². The smallest absolute Gasteiger partial charge is 0.332 e. The third-order valence-corrected chi connectivity index (χ3v) is 12.9. The molecule has 12 heteroatoms. The Morgan fingerprint density at radius 2 is 1.01 bits per heavy atom. The fourth-order valence-electron chi connectivity index (χ4n) is 8.79. The van der Waals surface area contributed by atoms with Crippen molar-refractivity contribution >= 4 is 52.6 Å². The summed E-state index contributed by atoms with van der Waals surface area (Å²) in [5.41, 5.74) is 5.90. The van der Waals surface area contributed by atoms with Gasteiger partial charge in [-0.1, -0.05) is 156 Å². The molecular weight excluding hydrogens is 913 g/mol. The second-order valence-corrected chi connectivity index (χ2v) is 18.5. The lowest BCUT2D eigenvalue weighted by molar-refractivity contribution is -0.149. The Hall–Kier alpha value is -7.34. The number of carboxylic acids is 2. The molecule has 2 aliphatic carbocycles. The summed E-state index contributed by atoms with van der Waals surface area (Å²) in [4.78, 5) is 96.4. The summed E-state index contributed by atoms with van der Waals surface area (Å²) in [5, 5.41) is 17.9. The van der Waals surface area contributed by atoms with Crippen LogP contribution in [0.4, 0.5) is 0 Å². The van der Waals surface area contributed by atoms with Crippen LogP contribution in [-0.2, 0) is 28.7 Å². The molecule has 2 aliphatic rings. The minimum Gasteiger partial charge on any atom is -0.481 e. The van der Waals surface area contributed by atoms with E-state index in [2.05, 4.69) is 31.4 Å². The third kappa shape index (κ3) is 15.1. The maximum absolute atomic E-state index is 13.7. The standard InChI is InChI=1S/C34H44O6.C17H12O2.C5H8O2.C4H6O2/c1-5-7-21-34(3,33(38)39)22-12-16-23(14-10-15-24(13-6-2)32(37)40-4)25-19-11-20-28-29(25)31(36)27-18-9-8-17-26(27)30(28)35;1-10(2)11-8-5-9-14-15(11)17(19)13-7-4-3-6-12(13)16(14)18;1-4(2)5(6)7-3;1-3(2)4(5)6/h8-9,11,17-20,23-24H,5-7,10,12-16,21-22H2,1-4H3,(H,38,39);3-9H,1H2,2H3;1H2,2-3H3;1H2,2H3,(H,5,6). The zero-order valence-electron chi connectivity index (χ0n) is 43.1. The predicted octanol–water partition coefficient (Wildman–Crippen LogP) is 12.6. The second kappa shape index (κ2) is 27.9. The van der Waals surface area contributed by atoms with Gasteiger partial charge in [0.2, 0.25) is 0 Å². The number of carbonyl (C=O) groups excluding carboxylic acids is 6. The maximum atomic E-state index is 13.7. The molecule has 0 fully saturated rings. The van der Waals surface area contributed by atoms with Crippen molar-refractivity contribution < 1.29 is 58.0 Å². The molecule has 0 saturated carbocycles. The fraction of sp³-hybridized carbons (Fsp3) is 0.367. The molecule has 0 heterocycles. The molecule has 2 N–H and O–H groups in total. The monoisotopic (exact) mass is 982 g/mol. The summed E-state index contributed by atoms with van der Waals surface area (Å²) >= 11 is 0. The molecule has 0 saturated heterocycles. The highest BCUT2D eigenvalue weighted by Gasteiger charge is 2.36. The van der Waals surface area contributed by atoms with Gasteiger partial charge in [-0.15, -0.1) is 0 Å². The van der Waals surface area contributed by atoms with E-state index in [0.717, 1.165) is 55.2 Å². The molecule has 0 bridgehead atoms. The van der Waals surface area contributed by atoms with E-state index in [9.17, 15) is 43.5 Å². The zero-order chi connectivity index (χ0) is 53.9. The van der Waals surface area contributed by atoms with Crippen LogP contribution in [0.15, 0.2) is 116 Å². The molecule has 0 amide bonds. The summed E-state index contributed by atoms with van der Waals surface area (Å²) in [5.74, 6) is -2.92. The lowest BCUT2D eigenvalue weighted by Crippen LogP contribution is -2.28. The van der Waals surface area contributed by atoms with Crippen LogP contribution in [0.2, 0.25) is 0 Å². The summed E-state index contributed by atoms with van der Waals surface area (Å²) in [6, 6.07) is 24.8. The van der Waals surface area contributed by atoms with E-state index >= 15 is 0 Å². The van der Waals surface area contributed by atoms with Crippen LogP contribution >= 0.6 is 0 Å². The number of benzene rings is 4. The molecule has 12 nitrogen and oxygen atoms in total. The van der Waals surface area contributed by atoms with Crippen LogP contribution in [0.25, 0.3) is 5.57 Å². The van der Waals surface area contributed by atoms with Gasteiger partial charge in [0.1, 0.15) is 0 Å². The van der Waals surface area contributed by atoms with Crippen LogP contribution < -0.4 is 0 Å². The number of rotatable bonds is 19. The molecule has 3 unspecified atom stereocenters. The van der Waals surface area contributed by atoms with Crippen molar-refractivity contribution in [1.82, 2.24) is 0 Å². The van der Waals surface area contributed by atoms with E-state index < -0.39 is 17.4 Å². The highest BCUT2D eigenvalue weighted by molar-refractivity contribution is 6.30. The van der Waals surface area contributed by atoms with Crippen molar-refractivity contribution in [2.24, 2.45) is 11.3 Å². The number of fused-ring (bicyclic) bond motifs is 4. The molecule has 6 rings (SSSR count). The minimum absolute atomic E-state index is 0.0406. The summed E-state index contributed by atoms with van der Waals surface area (Å²) < 4.78 is 9.29. The van der Waals surface area contributed by atoms with Gasteiger partial charge in [0.15, 0.2) is 23.1 Å². The number of ketones is 4. The number of allylic oxidation sites excluding steroid dienone is 1. The van der Waals surface area contributed by atoms with Crippen molar-refractivity contribution in [1.29, 1.82) is 0 Å². The van der Waals surface area contributed by atoms with Crippen LogP contribution in [0.1, 0.15) is 193 Å². The van der Waals surface area contributed by atoms with E-state index in [1.54, 1.807) is 73.7 Å². The molecule has 72 heavy (non-hydrogen) atoms. The molecule has 0 aromatic heterocycles. The number of unbranched alkanes of at least 4 members (excludes halogenated alkanes) is 1. The normalized spacial score (nSPS) is 13.4. The number of methoxy groups -OCH3 is 2. The predicted molar refractivity (Wildman–Crippen MR) is 280 cm³/mol. The van der Waals surface area contributed by atoms with Gasteiger partial charge in [0.05, 0.1) is 25.6 Å². The summed E-state index contributed by atoms with van der Waals surface area (Å²) in [6.07, 6.45) is 8.20. The number of carbonyl (C=O) groups is 8. The molecular formula is C60H70O12. The van der Waals surface area contributed by atoms with Crippen LogP contribution in [0.3, 0.4) is 0 Å². The first-order valence-electron chi connectivity index (χ1n) is 24.3. The summed E-state index contributed by atoms with van der Waals surface area (Å²) in [6.45, 7) is 21.2. The number of hydrogen-bond acceptors (Lipinski definition) is 10. The van der Waals surface area contributed by atoms with E-state index in [4.69, 9.17) is 9.84 Å². The Morgan fingerprint density at radius 3 is 1.44 bits per heavy atom. The quantitative estimate of drug-likeness (QED) is 0.0576. The Morgan fingerprint density at radius 1 is 0.556 bits per heavy atom. The number of ether oxygens (including phenoxy) is 2. The molecule has 4 aromatic carbocycles. The lowest BCUT2D eigenvalue weighted by atomic mass is 9.75. The second-order valence-electron chi connectivity index (χ2n) is 18.5. The zero-order valence-corrected chi connectivity index (χ0v) is 43.1. The van der Waals surface area contributed by atoms with Crippen molar-refractivity contribution in [3.8, 4) is 0 Å². The number of aliphatic carboxylic acids is 2. The first kappa shape index (κ1) is 59.0. The van der Waals surface area contributed by atoms with Gasteiger partial charge in [-0.2, -0.15) is 0 Å². The molecule has 0 radical (unpaired) electrons. The fourth-order valence-corrected chi connectivity index (χ4v) is 8.79. The first-order chi connectivity index (χ1) is 34.1. The van der Waals surface area contributed by atoms with E-state index in [0.29, 0.717) is 82.2 Å². The number of hydrogen-bond donors (Lipinski definition) is 2. The van der Waals surface area contributed by atoms with Gasteiger partial charge in [0.25, 0.3) is 0 Å². The van der Waals surface area contributed by atoms with Gasteiger partial charge in [-0.3, -0.25) is 28.8 Å². The average molecular weight is 983 g/mol. The number of esters is 2. The highest BCUT2D eigenvalue weighted by atomic mass is 16.5. The molecule has 3 atom stereocenters. The van der Waals surface area contributed by atoms with Crippen molar-refractivity contribution in [3.63, 3.8) is 0 Å². The topological polar surface area (TPSA) is 195 Å². The molecule has 0 spiro atoms. The maximum Gasteiger partial charge on any atom is 0.332 e. The van der Waals surface area contributed by atoms with Crippen molar-refractivity contribution in [2.45, 2.75) is 118 Å².